The van der Waals surface area contributed by atoms with Crippen molar-refractivity contribution in [2.24, 2.45) is 0 Å². The summed E-state index contributed by atoms with van der Waals surface area (Å²) in [6.07, 6.45) is 2.83. The summed E-state index contributed by atoms with van der Waals surface area (Å²) >= 11 is 5.22. The Morgan fingerprint density at radius 1 is 1.60 bits per heavy atom. The molecule has 0 fully saturated rings. The molecule has 0 unspecified atom stereocenters. The Labute approximate surface area is 102 Å². The van der Waals surface area contributed by atoms with Gasteiger partial charge in [0.05, 0.1) is 12.1 Å². The van der Waals surface area contributed by atoms with Gasteiger partial charge >= 0.3 is 4.83 Å². The van der Waals surface area contributed by atoms with Gasteiger partial charge in [-0.15, -0.1) is 0 Å². The number of alkyl halides is 3. The smallest absolute Gasteiger partial charge is 0.318 e. The van der Waals surface area contributed by atoms with Crippen LogP contribution in [-0.4, -0.2) is 22.3 Å². The molecule has 15 heavy (non-hydrogen) atoms. The molecular weight excluding hydrogens is 338 g/mol. The van der Waals surface area contributed by atoms with Gasteiger partial charge in [0.1, 0.15) is 0 Å². The first kappa shape index (κ1) is 12.5. The maximum absolute atomic E-state index is 12.4. The largest absolute Gasteiger partial charge is 0.345 e. The summed E-state index contributed by atoms with van der Waals surface area (Å²) in [6.45, 7) is -0.763. The van der Waals surface area contributed by atoms with Crippen molar-refractivity contribution in [3.05, 3.63) is 28.5 Å². The van der Waals surface area contributed by atoms with Crippen molar-refractivity contribution in [3.8, 4) is 0 Å². The first-order valence-corrected chi connectivity index (χ1v) is 5.43. The molecule has 7 heteroatoms. The summed E-state index contributed by atoms with van der Waals surface area (Å²) in [4.78, 5) is 12.0. The number of amides is 1. The summed E-state index contributed by atoms with van der Waals surface area (Å²) in [7, 11) is 0. The molecule has 0 aliphatic carbocycles. The van der Waals surface area contributed by atoms with Crippen LogP contribution in [0.25, 0.3) is 0 Å². The third-order valence-corrected chi connectivity index (χ3v) is 2.38. The molecule has 0 atom stereocenters. The van der Waals surface area contributed by atoms with Gasteiger partial charge in [-0.3, -0.25) is 9.78 Å². The normalized spacial score (nSPS) is 11.2. The van der Waals surface area contributed by atoms with Gasteiger partial charge in [-0.25, -0.2) is 0 Å². The van der Waals surface area contributed by atoms with E-state index in [0.717, 1.165) is 0 Å². The molecule has 0 aliphatic heterocycles. The maximum Gasteiger partial charge on any atom is 0.318 e. The number of aromatic nitrogens is 1. The second-order valence-electron chi connectivity index (χ2n) is 2.65. The van der Waals surface area contributed by atoms with Crippen LogP contribution in [0.1, 0.15) is 10.4 Å². The summed E-state index contributed by atoms with van der Waals surface area (Å²) in [5.41, 5.74) is 0.266. The lowest BCUT2D eigenvalue weighted by Crippen LogP contribution is -2.33. The van der Waals surface area contributed by atoms with Crippen molar-refractivity contribution in [1.82, 2.24) is 10.3 Å². The summed E-state index contributed by atoms with van der Waals surface area (Å²) in [5.74, 6) is -0.580. The van der Waals surface area contributed by atoms with Crippen molar-refractivity contribution < 1.29 is 13.6 Å². The Balaban J connectivity index is 2.66. The number of nitrogens with zero attached hydrogens (tertiary/aromatic N) is 1. The number of carbonyl (C=O) groups is 1. The molecule has 0 aliphatic rings. The Bertz CT molecular complexity index is 368. The lowest BCUT2D eigenvalue weighted by atomic mass is 10.2. The van der Waals surface area contributed by atoms with Crippen molar-refractivity contribution >= 4 is 37.8 Å². The first-order valence-electron chi connectivity index (χ1n) is 3.84. The Kier molecular flexibility index (Phi) is 4.15. The standard InChI is InChI=1S/C8H6Br2F2N2O/c9-6-3-13-2-1-5(6)7(15)14-4-8(10,11)12/h1-3H,4H2,(H,14,15). The zero-order valence-electron chi connectivity index (χ0n) is 7.31. The van der Waals surface area contributed by atoms with Crippen molar-refractivity contribution in [2.75, 3.05) is 6.54 Å². The lowest BCUT2D eigenvalue weighted by Gasteiger charge is -2.10. The van der Waals surface area contributed by atoms with Gasteiger partial charge in [0, 0.05) is 16.9 Å². The van der Waals surface area contributed by atoms with Crippen LogP contribution in [0.15, 0.2) is 22.9 Å². The van der Waals surface area contributed by atoms with E-state index in [2.05, 4.69) is 42.2 Å². The van der Waals surface area contributed by atoms with E-state index >= 15 is 0 Å². The maximum atomic E-state index is 12.4. The molecule has 0 saturated heterocycles. The van der Waals surface area contributed by atoms with Crippen LogP contribution in [-0.2, 0) is 0 Å². The molecule has 0 saturated carbocycles. The minimum absolute atomic E-state index is 0.266. The molecule has 0 bridgehead atoms. The molecule has 0 radical (unpaired) electrons. The molecule has 1 aromatic heterocycles. The van der Waals surface area contributed by atoms with Gasteiger partial charge < -0.3 is 5.32 Å². The predicted octanol–water partition coefficient (Wildman–Crippen LogP) is 2.56. The average Bonchev–Trinajstić information content (AvgIpc) is 2.14. The lowest BCUT2D eigenvalue weighted by molar-refractivity contribution is 0.0835. The third-order valence-electron chi connectivity index (χ3n) is 1.47. The highest BCUT2D eigenvalue weighted by Gasteiger charge is 2.25. The Morgan fingerprint density at radius 3 is 2.80 bits per heavy atom. The van der Waals surface area contributed by atoms with Gasteiger partial charge in [-0.05, 0) is 37.9 Å². The number of rotatable bonds is 3. The van der Waals surface area contributed by atoms with Crippen LogP contribution < -0.4 is 5.32 Å². The topological polar surface area (TPSA) is 42.0 Å². The molecular formula is C8H6Br2F2N2O. The molecule has 3 nitrogen and oxygen atoms in total. The summed E-state index contributed by atoms with van der Waals surface area (Å²) in [6, 6.07) is 1.44. The number of hydrogen-bond acceptors (Lipinski definition) is 2. The zero-order valence-corrected chi connectivity index (χ0v) is 10.5. The zero-order chi connectivity index (χ0) is 11.5. The molecule has 1 heterocycles. The van der Waals surface area contributed by atoms with E-state index in [-0.39, 0.29) is 5.56 Å². The number of pyridine rings is 1. The molecule has 1 amide bonds. The van der Waals surface area contributed by atoms with Gasteiger partial charge in [0.15, 0.2) is 0 Å². The SMILES string of the molecule is O=C(NCC(F)(F)Br)c1ccncc1Br. The van der Waals surface area contributed by atoms with Gasteiger partial charge in [-0.1, -0.05) is 0 Å². The van der Waals surface area contributed by atoms with Crippen molar-refractivity contribution in [1.29, 1.82) is 0 Å². The molecule has 82 valence electrons. The molecule has 0 spiro atoms. The molecule has 1 N–H and O–H groups in total. The van der Waals surface area contributed by atoms with E-state index in [1.165, 1.54) is 18.5 Å². The highest BCUT2D eigenvalue weighted by atomic mass is 79.9. The molecule has 0 aromatic carbocycles. The minimum atomic E-state index is -3.10. The Hall–Kier alpha value is -0.560. The monoisotopic (exact) mass is 342 g/mol. The van der Waals surface area contributed by atoms with Crippen LogP contribution in [0.3, 0.4) is 0 Å². The first-order chi connectivity index (χ1) is 6.90. The number of halogens is 4. The van der Waals surface area contributed by atoms with Crippen molar-refractivity contribution in [2.45, 2.75) is 4.83 Å². The van der Waals surface area contributed by atoms with E-state index < -0.39 is 17.3 Å². The average molecular weight is 344 g/mol. The molecule has 1 rings (SSSR count). The van der Waals surface area contributed by atoms with Gasteiger partial charge in [-0.2, -0.15) is 8.78 Å². The van der Waals surface area contributed by atoms with Crippen molar-refractivity contribution in [3.63, 3.8) is 0 Å². The van der Waals surface area contributed by atoms with Gasteiger partial charge in [0.25, 0.3) is 5.91 Å². The fourth-order valence-electron chi connectivity index (χ4n) is 0.835. The van der Waals surface area contributed by atoms with Crippen LogP contribution in [0, 0.1) is 0 Å². The number of nitrogens with one attached hydrogen (secondary N) is 1. The summed E-state index contributed by atoms with van der Waals surface area (Å²) in [5, 5.41) is 2.09. The van der Waals surface area contributed by atoms with Gasteiger partial charge in [0.2, 0.25) is 0 Å². The highest BCUT2D eigenvalue weighted by molar-refractivity contribution is 9.10. The highest BCUT2D eigenvalue weighted by Crippen LogP contribution is 2.20. The van der Waals surface area contributed by atoms with E-state index in [1.54, 1.807) is 0 Å². The predicted molar refractivity (Wildman–Crippen MR) is 58.1 cm³/mol. The van der Waals surface area contributed by atoms with Crippen LogP contribution in [0.5, 0.6) is 0 Å². The minimum Gasteiger partial charge on any atom is -0.345 e. The van der Waals surface area contributed by atoms with Crippen LogP contribution in [0.2, 0.25) is 0 Å². The van der Waals surface area contributed by atoms with E-state index in [9.17, 15) is 13.6 Å². The second-order valence-corrected chi connectivity index (χ2v) is 4.67. The van der Waals surface area contributed by atoms with Crippen LogP contribution >= 0.6 is 31.9 Å². The van der Waals surface area contributed by atoms with E-state index in [1.807, 2.05) is 0 Å². The molecule has 1 aromatic rings. The van der Waals surface area contributed by atoms with E-state index in [0.29, 0.717) is 4.47 Å². The second kappa shape index (κ2) is 4.98. The summed E-state index contributed by atoms with van der Waals surface area (Å²) < 4.78 is 25.2. The third kappa shape index (κ3) is 4.21. The number of hydrogen-bond donors (Lipinski definition) is 1. The quantitative estimate of drug-likeness (QED) is 0.857. The van der Waals surface area contributed by atoms with Crippen LogP contribution in [0.4, 0.5) is 8.78 Å². The van der Waals surface area contributed by atoms with E-state index in [4.69, 9.17) is 0 Å². The fraction of sp³-hybridized carbons (Fsp3) is 0.250. The number of carbonyl (C=O) groups excluding carboxylic acids is 1. The fourth-order valence-corrected chi connectivity index (χ4v) is 1.41. The Morgan fingerprint density at radius 2 is 2.27 bits per heavy atom.